The molecule has 3 rings (SSSR count). The minimum absolute atomic E-state index is 0.0482. The van der Waals surface area contributed by atoms with Crippen LogP contribution in [0.25, 0.3) is 0 Å². The molecule has 1 aliphatic rings. The summed E-state index contributed by atoms with van der Waals surface area (Å²) in [5.74, 6) is -0.649. The maximum Gasteiger partial charge on any atom is 0.297 e. The molecule has 7 nitrogen and oxygen atoms in total. The molecule has 2 amide bonds. The monoisotopic (exact) mass is 394 g/mol. The number of amides is 2. The van der Waals surface area contributed by atoms with Crippen molar-refractivity contribution in [2.75, 3.05) is 6.61 Å². The van der Waals surface area contributed by atoms with Crippen molar-refractivity contribution < 1.29 is 22.2 Å². The van der Waals surface area contributed by atoms with Crippen LogP contribution >= 0.6 is 11.3 Å². The molecule has 1 fully saturated rings. The molecule has 2 heterocycles. The third-order valence-corrected chi connectivity index (χ3v) is 6.13. The van der Waals surface area contributed by atoms with Crippen LogP contribution in [0, 0.1) is 6.92 Å². The summed E-state index contributed by atoms with van der Waals surface area (Å²) in [7, 11) is -3.92. The van der Waals surface area contributed by atoms with Crippen molar-refractivity contribution in [1.82, 2.24) is 10.6 Å². The molecule has 0 radical (unpaired) electrons. The molecule has 1 aliphatic heterocycles. The van der Waals surface area contributed by atoms with E-state index in [0.29, 0.717) is 0 Å². The van der Waals surface area contributed by atoms with Gasteiger partial charge in [-0.3, -0.25) is 13.8 Å². The first-order valence-electron chi connectivity index (χ1n) is 7.93. The van der Waals surface area contributed by atoms with Crippen LogP contribution in [0.1, 0.15) is 10.4 Å². The Labute approximate surface area is 155 Å². The number of aryl methyl sites for hydroxylation is 1. The van der Waals surface area contributed by atoms with Crippen molar-refractivity contribution >= 4 is 33.3 Å². The molecule has 0 spiro atoms. The lowest BCUT2D eigenvalue weighted by Gasteiger charge is -2.36. The smallest absolute Gasteiger partial charge is 0.297 e. The van der Waals surface area contributed by atoms with Crippen molar-refractivity contribution in [1.29, 1.82) is 0 Å². The predicted molar refractivity (Wildman–Crippen MR) is 96.2 cm³/mol. The van der Waals surface area contributed by atoms with Crippen molar-refractivity contribution in [3.8, 4) is 0 Å². The zero-order chi connectivity index (χ0) is 18.7. The first-order chi connectivity index (χ1) is 12.3. The van der Waals surface area contributed by atoms with Crippen LogP contribution in [-0.4, -0.2) is 38.9 Å². The summed E-state index contributed by atoms with van der Waals surface area (Å²) in [5, 5.41) is 7.03. The Balaban J connectivity index is 1.55. The Morgan fingerprint density at radius 3 is 2.62 bits per heavy atom. The Bertz CT molecular complexity index is 892. The molecular weight excluding hydrogens is 376 g/mol. The number of nitrogens with one attached hydrogen (secondary N) is 2. The van der Waals surface area contributed by atoms with Gasteiger partial charge in [0, 0.05) is 4.88 Å². The molecule has 1 aromatic carbocycles. The summed E-state index contributed by atoms with van der Waals surface area (Å²) >= 11 is 1.45. The van der Waals surface area contributed by atoms with Crippen LogP contribution in [0.4, 0.5) is 0 Å². The highest BCUT2D eigenvalue weighted by molar-refractivity contribution is 7.86. The predicted octanol–water partition coefficient (Wildman–Crippen LogP) is 0.988. The van der Waals surface area contributed by atoms with Gasteiger partial charge in [-0.05, 0) is 30.5 Å². The first-order valence-corrected chi connectivity index (χ1v) is 10.2. The maximum atomic E-state index is 12.2. The standard InChI is InChI=1S/C17H18N2O5S2/c1-11-4-6-13(7-5-11)26(22,23)24-10-14-16(17(21)18-14)19-15(20)9-12-3-2-8-25-12/h2-8,14,16H,9-10H2,1H3,(H,18,21)(H,19,20). The molecule has 1 saturated heterocycles. The fourth-order valence-corrected chi connectivity index (χ4v) is 4.11. The van der Waals surface area contributed by atoms with E-state index in [0.717, 1.165) is 10.4 Å². The molecule has 0 saturated carbocycles. The van der Waals surface area contributed by atoms with Crippen molar-refractivity contribution in [2.45, 2.75) is 30.3 Å². The Kier molecular flexibility index (Phi) is 5.40. The summed E-state index contributed by atoms with van der Waals surface area (Å²) in [6.07, 6.45) is 0.177. The second-order valence-electron chi connectivity index (χ2n) is 5.97. The van der Waals surface area contributed by atoms with Crippen LogP contribution in [0.5, 0.6) is 0 Å². The largest absolute Gasteiger partial charge is 0.347 e. The summed E-state index contributed by atoms with van der Waals surface area (Å²) in [5.41, 5.74) is 0.934. The van der Waals surface area contributed by atoms with Gasteiger partial charge in [-0.15, -0.1) is 11.3 Å². The lowest BCUT2D eigenvalue weighted by molar-refractivity contribution is -0.136. The van der Waals surface area contributed by atoms with E-state index < -0.39 is 22.2 Å². The summed E-state index contributed by atoms with van der Waals surface area (Å²) in [4.78, 5) is 24.6. The normalized spacial score (nSPS) is 19.5. The van der Waals surface area contributed by atoms with E-state index in [9.17, 15) is 18.0 Å². The fourth-order valence-electron chi connectivity index (χ4n) is 2.48. The highest BCUT2D eigenvalue weighted by Crippen LogP contribution is 2.16. The minimum atomic E-state index is -3.92. The van der Waals surface area contributed by atoms with E-state index in [1.54, 1.807) is 12.1 Å². The van der Waals surface area contributed by atoms with Gasteiger partial charge in [-0.1, -0.05) is 23.8 Å². The SMILES string of the molecule is Cc1ccc(S(=O)(=O)OCC2NC(=O)C2NC(=O)Cc2cccs2)cc1. The van der Waals surface area contributed by atoms with Gasteiger partial charge in [0.15, 0.2) is 0 Å². The number of thiophene rings is 1. The average molecular weight is 394 g/mol. The molecule has 2 atom stereocenters. The lowest BCUT2D eigenvalue weighted by atomic mass is 10.00. The first kappa shape index (κ1) is 18.6. The van der Waals surface area contributed by atoms with Crippen molar-refractivity contribution in [2.24, 2.45) is 0 Å². The van der Waals surface area contributed by atoms with Gasteiger partial charge in [0.05, 0.1) is 24.0 Å². The number of rotatable bonds is 7. The van der Waals surface area contributed by atoms with Gasteiger partial charge in [0.25, 0.3) is 10.1 Å². The zero-order valence-corrected chi connectivity index (χ0v) is 15.6. The number of hydrogen-bond donors (Lipinski definition) is 2. The van der Waals surface area contributed by atoms with Crippen LogP contribution < -0.4 is 10.6 Å². The Morgan fingerprint density at radius 2 is 2.00 bits per heavy atom. The molecule has 9 heteroatoms. The molecule has 26 heavy (non-hydrogen) atoms. The van der Waals surface area contributed by atoms with E-state index in [4.69, 9.17) is 4.18 Å². The van der Waals surface area contributed by atoms with Gasteiger partial charge in [-0.25, -0.2) is 0 Å². The Hall–Kier alpha value is -2.23. The highest BCUT2D eigenvalue weighted by Gasteiger charge is 2.41. The molecule has 1 aromatic heterocycles. The summed E-state index contributed by atoms with van der Waals surface area (Å²) in [6, 6.07) is 8.57. The molecule has 0 aliphatic carbocycles. The number of β-lactam (4-membered cyclic amide) rings is 1. The van der Waals surface area contributed by atoms with Crippen LogP contribution in [-0.2, 0) is 30.3 Å². The van der Waals surface area contributed by atoms with Crippen LogP contribution in [0.2, 0.25) is 0 Å². The average Bonchev–Trinajstić information content (AvgIpc) is 3.10. The van der Waals surface area contributed by atoms with E-state index in [1.807, 2.05) is 24.4 Å². The Morgan fingerprint density at radius 1 is 1.27 bits per heavy atom. The lowest BCUT2D eigenvalue weighted by Crippen LogP contribution is -2.70. The third-order valence-electron chi connectivity index (χ3n) is 3.96. The van der Waals surface area contributed by atoms with E-state index in [1.165, 1.54) is 23.5 Å². The second kappa shape index (κ2) is 7.56. The van der Waals surface area contributed by atoms with Crippen molar-refractivity contribution in [3.63, 3.8) is 0 Å². The molecule has 138 valence electrons. The molecule has 2 N–H and O–H groups in total. The topological polar surface area (TPSA) is 102 Å². The molecule has 0 bridgehead atoms. The second-order valence-corrected chi connectivity index (χ2v) is 8.62. The van der Waals surface area contributed by atoms with Crippen LogP contribution in [0.15, 0.2) is 46.7 Å². The highest BCUT2D eigenvalue weighted by atomic mass is 32.2. The number of benzene rings is 1. The van der Waals surface area contributed by atoms with Gasteiger partial charge in [-0.2, -0.15) is 8.42 Å². The number of hydrogen-bond acceptors (Lipinski definition) is 6. The number of carbonyl (C=O) groups is 2. The molecular formula is C17H18N2O5S2. The summed E-state index contributed by atoms with van der Waals surface area (Å²) < 4.78 is 29.4. The third kappa shape index (κ3) is 4.29. The summed E-state index contributed by atoms with van der Waals surface area (Å²) in [6.45, 7) is 1.61. The maximum absolute atomic E-state index is 12.2. The van der Waals surface area contributed by atoms with E-state index >= 15 is 0 Å². The van der Waals surface area contributed by atoms with Gasteiger partial charge >= 0.3 is 0 Å². The van der Waals surface area contributed by atoms with Crippen LogP contribution in [0.3, 0.4) is 0 Å². The van der Waals surface area contributed by atoms with Gasteiger partial charge in [0.2, 0.25) is 11.8 Å². The fraction of sp³-hybridized carbons (Fsp3) is 0.294. The molecule has 2 aromatic rings. The van der Waals surface area contributed by atoms with E-state index in [-0.39, 0.29) is 29.7 Å². The van der Waals surface area contributed by atoms with Gasteiger partial charge in [0.1, 0.15) is 6.04 Å². The van der Waals surface area contributed by atoms with E-state index in [2.05, 4.69) is 10.6 Å². The minimum Gasteiger partial charge on any atom is -0.347 e. The van der Waals surface area contributed by atoms with Crippen molar-refractivity contribution in [3.05, 3.63) is 52.2 Å². The zero-order valence-electron chi connectivity index (χ0n) is 14.0. The number of carbonyl (C=O) groups excluding carboxylic acids is 2. The van der Waals surface area contributed by atoms with Gasteiger partial charge < -0.3 is 10.6 Å². The molecule has 2 unspecified atom stereocenters. The quantitative estimate of drug-likeness (QED) is 0.539.